The zero-order valence-electron chi connectivity index (χ0n) is 57.8. The van der Waals surface area contributed by atoms with Crippen molar-refractivity contribution in [3.63, 3.8) is 0 Å². The molecule has 6 amide bonds. The number of hydrogen-bond acceptors (Lipinski definition) is 9. The maximum Gasteiger partial charge on any atom is 0.352 e. The lowest BCUT2D eigenvalue weighted by atomic mass is 9.81. The number of likely N-dealkylation sites (tertiary alicyclic amines) is 1. The topological polar surface area (TPSA) is 198 Å². The molecule has 0 radical (unpaired) electrons. The van der Waals surface area contributed by atoms with Crippen LogP contribution in [0.4, 0.5) is 74.1 Å². The van der Waals surface area contributed by atoms with E-state index in [2.05, 4.69) is 39.7 Å². The smallest absolute Gasteiger partial charge is 0.352 e. The summed E-state index contributed by atoms with van der Waals surface area (Å²) in [7, 11) is 0. The Morgan fingerprint density at radius 1 is 0.481 bits per heavy atom. The molecule has 7 N–H and O–H groups in total. The van der Waals surface area contributed by atoms with Gasteiger partial charge in [0.1, 0.15) is 40.6 Å². The van der Waals surface area contributed by atoms with E-state index in [1.54, 1.807) is 4.90 Å². The van der Waals surface area contributed by atoms with Crippen molar-refractivity contribution in [1.29, 1.82) is 0 Å². The molecule has 4 unspecified atom stereocenters. The summed E-state index contributed by atoms with van der Waals surface area (Å²) in [6.07, 6.45) is 6.51. The molecule has 6 aromatic rings. The second-order valence-electron chi connectivity index (χ2n) is 27.5. The van der Waals surface area contributed by atoms with Crippen molar-refractivity contribution < 1.29 is 85.8 Å². The fourth-order valence-corrected chi connectivity index (χ4v) is 14.2. The van der Waals surface area contributed by atoms with Crippen LogP contribution in [0.25, 0.3) is 0 Å². The lowest BCUT2D eigenvalue weighted by Gasteiger charge is -2.51. The summed E-state index contributed by atoms with van der Waals surface area (Å²) in [6.45, 7) is 15.1. The molecule has 0 aromatic heterocycles. The molecule has 0 spiro atoms. The summed E-state index contributed by atoms with van der Waals surface area (Å²) in [5.41, 5.74) is 1.68. The Morgan fingerprint density at radius 2 is 0.837 bits per heavy atom. The second kappa shape index (κ2) is 31.7. The summed E-state index contributed by atoms with van der Waals surface area (Å²) in [6, 6.07) is 17.0. The molecule has 5 aliphatic rings. The largest absolute Gasteiger partial charge is 0.386 e. The van der Waals surface area contributed by atoms with Gasteiger partial charge in [0, 0.05) is 89.2 Å². The van der Waals surface area contributed by atoms with Crippen LogP contribution in [0.2, 0.25) is 0 Å². The van der Waals surface area contributed by atoms with E-state index in [0.29, 0.717) is 72.9 Å². The Labute approximate surface area is 592 Å². The second-order valence-corrected chi connectivity index (χ2v) is 27.5. The first-order valence-corrected chi connectivity index (χ1v) is 33.8. The number of carbonyl (C=O) groups excluding carboxylic acids is 6. The minimum atomic E-state index is -4.40. The minimum absolute atomic E-state index is 0.0364. The summed E-state index contributed by atoms with van der Waals surface area (Å²) in [5, 5.41) is 13.1. The fourth-order valence-electron chi connectivity index (χ4n) is 14.2. The van der Waals surface area contributed by atoms with Crippen molar-refractivity contribution in [2.75, 3.05) is 29.0 Å². The quantitative estimate of drug-likeness (QED) is 0.0511. The normalized spacial score (nSPS) is 21.5. The first-order valence-electron chi connectivity index (χ1n) is 33.8. The van der Waals surface area contributed by atoms with E-state index in [-0.39, 0.29) is 88.4 Å². The van der Waals surface area contributed by atoms with E-state index < -0.39 is 129 Å². The van der Waals surface area contributed by atoms with E-state index >= 15 is 30.7 Å². The van der Waals surface area contributed by atoms with Crippen molar-refractivity contribution in [3.05, 3.63) is 219 Å². The minimum Gasteiger partial charge on any atom is -0.386 e. The lowest BCUT2D eigenvalue weighted by Crippen LogP contribution is -2.61. The number of aryl methyl sites for hydroxylation is 3. The highest BCUT2D eigenvalue weighted by atomic mass is 19.3. The number of benzene rings is 6. The monoisotopic (exact) mass is 1460 g/mol. The Bertz CT molecular complexity index is 4280. The van der Waals surface area contributed by atoms with Crippen molar-refractivity contribution in [2.45, 2.75) is 178 Å². The highest BCUT2D eigenvalue weighted by molar-refractivity contribution is 6.06. The highest BCUT2D eigenvalue weighted by Crippen LogP contribution is 2.46. The first-order chi connectivity index (χ1) is 48.8. The van der Waals surface area contributed by atoms with E-state index in [1.165, 1.54) is 81.1 Å². The molecule has 556 valence electrons. The molecule has 8 atom stereocenters. The average Bonchev–Trinajstić information content (AvgIpc) is 0.772. The molecular formula is C76H80F13N9O6. The van der Waals surface area contributed by atoms with Gasteiger partial charge in [-0.1, -0.05) is 13.2 Å². The lowest BCUT2D eigenvalue weighted by molar-refractivity contribution is -0.170. The van der Waals surface area contributed by atoms with Crippen molar-refractivity contribution in [1.82, 2.24) is 25.3 Å². The summed E-state index contributed by atoms with van der Waals surface area (Å²) < 4.78 is 192. The predicted molar refractivity (Wildman–Crippen MR) is 365 cm³/mol. The van der Waals surface area contributed by atoms with Crippen LogP contribution in [0.3, 0.4) is 0 Å². The van der Waals surface area contributed by atoms with E-state index in [0.717, 1.165) is 80.8 Å². The number of nitrogens with zero attached hydrogens (tertiary/aromatic N) is 3. The average molecular weight is 1460 g/mol. The number of hydrogen-bond donors (Lipinski definition) is 6. The van der Waals surface area contributed by atoms with Gasteiger partial charge in [-0.05, 0) is 231 Å². The zero-order chi connectivity index (χ0) is 76.2. The molecule has 0 saturated carbocycles. The number of nitrogens with one attached hydrogen (secondary N) is 5. The molecule has 15 nitrogen and oxygen atoms in total. The summed E-state index contributed by atoms with van der Waals surface area (Å²) in [5.74, 6) is -23.6. The number of alkyl halides is 7. The van der Waals surface area contributed by atoms with Crippen LogP contribution < -0.4 is 32.3 Å². The maximum absolute atomic E-state index is 15.6. The van der Waals surface area contributed by atoms with Crippen LogP contribution in [0.5, 0.6) is 0 Å². The number of nitrogens with two attached hydrogens (primary N) is 1. The molecule has 0 aliphatic carbocycles. The first kappa shape index (κ1) is 78.4. The predicted octanol–water partition coefficient (Wildman–Crippen LogP) is 15.2. The van der Waals surface area contributed by atoms with Crippen LogP contribution in [0, 0.1) is 55.7 Å². The Balaban J connectivity index is 0.000000181. The Morgan fingerprint density at radius 3 is 1.19 bits per heavy atom. The zero-order valence-corrected chi connectivity index (χ0v) is 57.8. The van der Waals surface area contributed by atoms with Gasteiger partial charge in [0.2, 0.25) is 5.91 Å². The standard InChI is InChI=1S/C27H29F4N3O2.C25H27F4N3O.C24H24F5N3O3/c1-15(2)32-19-13-20-5-4-6-21(14-19)34(20)26(36)27(30,31)22-12-17(7-9-24(22)29)25(35)33-18-8-10-23(28)16(3)11-18;1-14-10-18(7-9-22(14)26)31-24(33)16-6-8-23(27)21(11-16)25(28,29)15(2)32-19-4-3-5-20(32)13-17(30)12-19;1-13-10-16(5-7-18(13)25)31-21(34)15-4-6-19(26)17(11-15)24(28,29)22(35)32-9-8-20(30-14(2)33)23(3,27)12-32/h7-12,19-21,32H,1,4-6,13-14H2,2-3H3,(H,33,35);6-11,17,19-20H,2-5,12-13,30H2,1H3,(H,31,33);4-7,10-11,20H,8-9,12H2,1-3H3,(H,30,33)(H,31,34)/t19?,20-,21+;17?,19-,20+;. The van der Waals surface area contributed by atoms with Gasteiger partial charge in [0.15, 0.2) is 0 Å². The Hall–Kier alpha value is -9.73. The summed E-state index contributed by atoms with van der Waals surface area (Å²) >= 11 is 0. The van der Waals surface area contributed by atoms with E-state index in [1.807, 2.05) is 6.92 Å². The van der Waals surface area contributed by atoms with Crippen LogP contribution >= 0.6 is 0 Å². The third kappa shape index (κ3) is 17.7. The van der Waals surface area contributed by atoms with Gasteiger partial charge in [-0.2, -0.15) is 26.3 Å². The van der Waals surface area contributed by atoms with Gasteiger partial charge < -0.3 is 47.0 Å². The molecule has 11 rings (SSSR count). The van der Waals surface area contributed by atoms with Gasteiger partial charge >= 0.3 is 17.8 Å². The molecular weight excluding hydrogens is 1380 g/mol. The van der Waals surface area contributed by atoms with Gasteiger partial charge in [0.25, 0.3) is 29.5 Å². The molecule has 6 aromatic carbocycles. The molecule has 5 heterocycles. The number of allylic oxidation sites excluding steroid dienone is 2. The number of rotatable bonds is 16. The molecule has 104 heavy (non-hydrogen) atoms. The number of fused-ring (bicyclic) bond motifs is 4. The van der Waals surface area contributed by atoms with Crippen LogP contribution in [-0.2, 0) is 32.2 Å². The molecule has 4 bridgehead atoms. The molecule has 28 heteroatoms. The summed E-state index contributed by atoms with van der Waals surface area (Å²) in [4.78, 5) is 78.4. The Kier molecular flexibility index (Phi) is 23.9. The molecule has 5 fully saturated rings. The fraction of sp³-hybridized carbons (Fsp3) is 0.395. The van der Waals surface area contributed by atoms with E-state index in [9.17, 15) is 55.1 Å². The molecule has 5 saturated heterocycles. The highest BCUT2D eigenvalue weighted by Gasteiger charge is 2.54. The third-order valence-electron chi connectivity index (χ3n) is 19.4. The van der Waals surface area contributed by atoms with Crippen LogP contribution in [-0.4, -0.2) is 111 Å². The van der Waals surface area contributed by atoms with Gasteiger partial charge in [-0.3, -0.25) is 28.8 Å². The van der Waals surface area contributed by atoms with Gasteiger partial charge in [-0.15, -0.1) is 0 Å². The van der Waals surface area contributed by atoms with Crippen molar-refractivity contribution in [3.8, 4) is 0 Å². The molecule has 5 aliphatic heterocycles. The number of piperidine rings is 5. The third-order valence-corrected chi connectivity index (χ3v) is 19.4. The van der Waals surface area contributed by atoms with Crippen LogP contribution in [0.15, 0.2) is 134 Å². The van der Waals surface area contributed by atoms with Gasteiger partial charge in [-0.25, -0.2) is 30.7 Å². The number of anilines is 3. The van der Waals surface area contributed by atoms with Gasteiger partial charge in [0.05, 0.1) is 35.0 Å². The number of amides is 6. The maximum atomic E-state index is 15.6. The van der Waals surface area contributed by atoms with Crippen molar-refractivity contribution in [2.24, 2.45) is 5.73 Å². The SMILES string of the molecule is C=C(C)NC1C[C@H]2CCC[C@@H](C1)N2C(=O)C(F)(F)c1cc(C(=O)Nc2ccc(F)c(C)c2)ccc1F.C=C(N1[C@@H]2CCC[C@H]1CC(N)C2)C(F)(F)c1cc(C(=O)Nc2ccc(F)c(C)c2)ccc1F.CC(=O)NC1CCN(C(=O)C(F)(F)c2cc(C(=O)Nc3ccc(F)c(C)c3)ccc2F)CC1(C)F. The van der Waals surface area contributed by atoms with Crippen LogP contribution in [0.1, 0.15) is 156 Å². The van der Waals surface area contributed by atoms with E-state index in [4.69, 9.17) is 5.73 Å². The number of carbonyl (C=O) groups is 6. The van der Waals surface area contributed by atoms with Crippen molar-refractivity contribution >= 4 is 52.5 Å². The number of halogens is 13.